The molecule has 0 aliphatic carbocycles. The number of hydrogen-bond acceptors (Lipinski definition) is 2. The highest BCUT2D eigenvalue weighted by Crippen LogP contribution is 2.09. The second-order valence-electron chi connectivity index (χ2n) is 3.64. The van der Waals surface area contributed by atoms with Crippen LogP contribution in [0.5, 0.6) is 0 Å². The van der Waals surface area contributed by atoms with Crippen molar-refractivity contribution in [3.8, 4) is 12.1 Å². The molecule has 0 unspecified atom stereocenters. The first kappa shape index (κ1) is 13.0. The molecule has 0 N–H and O–H groups in total. The lowest BCUT2D eigenvalue weighted by atomic mass is 10.1. The van der Waals surface area contributed by atoms with E-state index in [0.29, 0.717) is 12.8 Å². The van der Waals surface area contributed by atoms with Crippen molar-refractivity contribution in [1.82, 2.24) is 0 Å². The molecule has 0 aromatic heterocycles. The third-order valence-electron chi connectivity index (χ3n) is 2.33. The van der Waals surface area contributed by atoms with Crippen molar-refractivity contribution in [1.29, 1.82) is 10.5 Å². The first-order valence-electron chi connectivity index (χ1n) is 5.65. The van der Waals surface area contributed by atoms with Gasteiger partial charge in [-0.3, -0.25) is 0 Å². The van der Waals surface area contributed by atoms with Crippen molar-refractivity contribution in [2.45, 2.75) is 64.2 Å². The highest BCUT2D eigenvalue weighted by atomic mass is 14.2. The number of nitrogens with zero attached hydrogens (tertiary/aromatic N) is 2. The third-order valence-corrected chi connectivity index (χ3v) is 2.33. The molecule has 0 radical (unpaired) electrons. The summed E-state index contributed by atoms with van der Waals surface area (Å²) in [6.07, 6.45) is 11.0. The van der Waals surface area contributed by atoms with E-state index in [0.717, 1.165) is 12.8 Å². The summed E-state index contributed by atoms with van der Waals surface area (Å²) in [5, 5.41) is 16.6. The summed E-state index contributed by atoms with van der Waals surface area (Å²) in [5.74, 6) is 0. The molecule has 0 bridgehead atoms. The largest absolute Gasteiger partial charge is 0.198 e. The van der Waals surface area contributed by atoms with Crippen LogP contribution in [0.25, 0.3) is 0 Å². The summed E-state index contributed by atoms with van der Waals surface area (Å²) in [5.41, 5.74) is 0. The lowest BCUT2D eigenvalue weighted by Crippen LogP contribution is -1.80. The monoisotopic (exact) mass is 192 g/mol. The molecule has 0 heterocycles. The van der Waals surface area contributed by atoms with Crippen LogP contribution in [-0.2, 0) is 0 Å². The van der Waals surface area contributed by atoms with E-state index in [1.54, 1.807) is 0 Å². The Morgan fingerprint density at radius 1 is 0.500 bits per heavy atom. The van der Waals surface area contributed by atoms with Crippen LogP contribution in [0.15, 0.2) is 0 Å². The fourth-order valence-electron chi connectivity index (χ4n) is 1.47. The molecule has 0 amide bonds. The van der Waals surface area contributed by atoms with Gasteiger partial charge in [0.2, 0.25) is 0 Å². The van der Waals surface area contributed by atoms with Crippen LogP contribution in [0, 0.1) is 22.7 Å². The van der Waals surface area contributed by atoms with Crippen LogP contribution < -0.4 is 0 Å². The van der Waals surface area contributed by atoms with Crippen LogP contribution in [0.2, 0.25) is 0 Å². The Bertz CT molecular complexity index is 163. The van der Waals surface area contributed by atoms with Crippen LogP contribution >= 0.6 is 0 Å². The summed E-state index contributed by atoms with van der Waals surface area (Å²) < 4.78 is 0. The van der Waals surface area contributed by atoms with E-state index in [-0.39, 0.29) is 0 Å². The van der Waals surface area contributed by atoms with Gasteiger partial charge in [-0.05, 0) is 12.8 Å². The maximum atomic E-state index is 8.31. The SMILES string of the molecule is N#CCCCCCCCCCCC#N. The quantitative estimate of drug-likeness (QED) is 0.519. The highest BCUT2D eigenvalue weighted by molar-refractivity contribution is 4.68. The first-order valence-corrected chi connectivity index (χ1v) is 5.65. The predicted octanol–water partition coefficient (Wildman–Crippen LogP) is 3.93. The Hall–Kier alpha value is -1.02. The summed E-state index contributed by atoms with van der Waals surface area (Å²) in [4.78, 5) is 0. The molecule has 0 aromatic rings. The number of hydrogen-bond donors (Lipinski definition) is 0. The minimum atomic E-state index is 0.710. The van der Waals surface area contributed by atoms with E-state index in [9.17, 15) is 0 Å². The summed E-state index contributed by atoms with van der Waals surface area (Å²) in [6.45, 7) is 0. The standard InChI is InChI=1S/C12H20N2/c13-11-9-7-5-3-1-2-4-6-8-10-12-14/h1-10H2. The Balaban J connectivity index is 2.86. The van der Waals surface area contributed by atoms with Crippen molar-refractivity contribution in [3.05, 3.63) is 0 Å². The van der Waals surface area contributed by atoms with Crippen LogP contribution in [0.1, 0.15) is 64.2 Å². The molecular weight excluding hydrogens is 172 g/mol. The summed E-state index contributed by atoms with van der Waals surface area (Å²) >= 11 is 0. The fraction of sp³-hybridized carbons (Fsp3) is 0.833. The smallest absolute Gasteiger partial charge is 0.0621 e. The average molecular weight is 192 g/mol. The van der Waals surface area contributed by atoms with Gasteiger partial charge >= 0.3 is 0 Å². The zero-order valence-electron chi connectivity index (χ0n) is 8.97. The normalized spacial score (nSPS) is 9.29. The van der Waals surface area contributed by atoms with E-state index in [1.807, 2.05) is 0 Å². The second-order valence-corrected chi connectivity index (χ2v) is 3.64. The molecule has 0 fully saturated rings. The van der Waals surface area contributed by atoms with Gasteiger partial charge in [0.1, 0.15) is 0 Å². The van der Waals surface area contributed by atoms with E-state index >= 15 is 0 Å². The van der Waals surface area contributed by atoms with Crippen LogP contribution in [-0.4, -0.2) is 0 Å². The van der Waals surface area contributed by atoms with Crippen molar-refractivity contribution >= 4 is 0 Å². The van der Waals surface area contributed by atoms with Gasteiger partial charge in [-0.1, -0.05) is 38.5 Å². The van der Waals surface area contributed by atoms with Crippen molar-refractivity contribution in [3.63, 3.8) is 0 Å². The zero-order valence-corrected chi connectivity index (χ0v) is 8.97. The lowest BCUT2D eigenvalue weighted by molar-refractivity contribution is 0.573. The molecule has 78 valence electrons. The molecule has 0 aliphatic heterocycles. The fourth-order valence-corrected chi connectivity index (χ4v) is 1.47. The number of rotatable bonds is 9. The van der Waals surface area contributed by atoms with E-state index in [2.05, 4.69) is 12.1 Å². The molecular formula is C12H20N2. The van der Waals surface area contributed by atoms with Crippen LogP contribution in [0.3, 0.4) is 0 Å². The van der Waals surface area contributed by atoms with Crippen molar-refractivity contribution in [2.75, 3.05) is 0 Å². The number of nitriles is 2. The minimum Gasteiger partial charge on any atom is -0.198 e. The molecule has 0 saturated carbocycles. The maximum Gasteiger partial charge on any atom is 0.0621 e. The Morgan fingerprint density at radius 3 is 1.07 bits per heavy atom. The van der Waals surface area contributed by atoms with E-state index in [1.165, 1.54) is 38.5 Å². The third kappa shape index (κ3) is 11.0. The summed E-state index contributed by atoms with van der Waals surface area (Å²) in [7, 11) is 0. The van der Waals surface area contributed by atoms with Crippen molar-refractivity contribution in [2.24, 2.45) is 0 Å². The van der Waals surface area contributed by atoms with Gasteiger partial charge in [-0.25, -0.2) is 0 Å². The molecule has 0 aliphatic rings. The average Bonchev–Trinajstić information content (AvgIpc) is 2.21. The molecule has 14 heavy (non-hydrogen) atoms. The van der Waals surface area contributed by atoms with Crippen molar-refractivity contribution < 1.29 is 0 Å². The highest BCUT2D eigenvalue weighted by Gasteiger charge is 1.91. The molecule has 0 atom stereocenters. The van der Waals surface area contributed by atoms with Crippen LogP contribution in [0.4, 0.5) is 0 Å². The number of unbranched alkanes of at least 4 members (excludes halogenated alkanes) is 9. The Labute approximate surface area is 87.5 Å². The zero-order chi connectivity index (χ0) is 10.5. The minimum absolute atomic E-state index is 0.710. The molecule has 0 rings (SSSR count). The molecule has 2 heteroatoms. The Morgan fingerprint density at radius 2 is 0.786 bits per heavy atom. The van der Waals surface area contributed by atoms with Gasteiger partial charge in [-0.2, -0.15) is 10.5 Å². The van der Waals surface area contributed by atoms with Gasteiger partial charge < -0.3 is 0 Å². The molecule has 0 spiro atoms. The predicted molar refractivity (Wildman–Crippen MR) is 57.4 cm³/mol. The topological polar surface area (TPSA) is 47.6 Å². The van der Waals surface area contributed by atoms with E-state index < -0.39 is 0 Å². The van der Waals surface area contributed by atoms with Gasteiger partial charge in [-0.15, -0.1) is 0 Å². The van der Waals surface area contributed by atoms with E-state index in [4.69, 9.17) is 10.5 Å². The van der Waals surface area contributed by atoms with Gasteiger partial charge in [0.25, 0.3) is 0 Å². The van der Waals surface area contributed by atoms with Gasteiger partial charge in [0.15, 0.2) is 0 Å². The molecule has 2 nitrogen and oxygen atoms in total. The maximum absolute atomic E-state index is 8.31. The van der Waals surface area contributed by atoms with Gasteiger partial charge in [0, 0.05) is 12.8 Å². The van der Waals surface area contributed by atoms with Gasteiger partial charge in [0.05, 0.1) is 12.1 Å². The summed E-state index contributed by atoms with van der Waals surface area (Å²) in [6, 6.07) is 4.32. The molecule has 0 aromatic carbocycles. The Kier molecular flexibility index (Phi) is 11.1. The second kappa shape index (κ2) is 12.0. The molecule has 0 saturated heterocycles. The lowest BCUT2D eigenvalue weighted by Gasteiger charge is -1.99. The first-order chi connectivity index (χ1) is 6.91.